The van der Waals surface area contributed by atoms with Gasteiger partial charge in [0, 0.05) is 14.3 Å². The maximum Gasteiger partial charge on any atom is 0.123 e. The number of rotatable bonds is 3. The Labute approximate surface area is 112 Å². The van der Waals surface area contributed by atoms with Gasteiger partial charge in [0.25, 0.3) is 0 Å². The first-order chi connectivity index (χ1) is 8.19. The Morgan fingerprint density at radius 3 is 2.47 bits per heavy atom. The molecule has 0 atom stereocenters. The first-order valence-electron chi connectivity index (χ1n) is 5.02. The quantitative estimate of drug-likeness (QED) is 0.915. The molecule has 0 amide bonds. The molecule has 0 heterocycles. The van der Waals surface area contributed by atoms with Crippen LogP contribution < -0.4 is 0 Å². The second-order valence-electron chi connectivity index (χ2n) is 3.47. The molecule has 0 aromatic heterocycles. The monoisotopic (exact) mass is 312 g/mol. The lowest BCUT2D eigenvalue weighted by Crippen LogP contribution is -1.89. The van der Waals surface area contributed by atoms with E-state index in [-0.39, 0.29) is 12.4 Å². The van der Waals surface area contributed by atoms with Gasteiger partial charge in [-0.05, 0) is 48.0 Å². The van der Waals surface area contributed by atoms with E-state index in [2.05, 4.69) is 15.9 Å². The zero-order valence-electron chi connectivity index (χ0n) is 8.86. The van der Waals surface area contributed by atoms with Crippen molar-refractivity contribution in [2.24, 2.45) is 0 Å². The molecule has 0 bridgehead atoms. The predicted molar refractivity (Wildman–Crippen MR) is 70.6 cm³/mol. The molecule has 4 heteroatoms. The molecule has 0 aliphatic heterocycles. The molecule has 1 N–H and O–H groups in total. The van der Waals surface area contributed by atoms with E-state index in [0.717, 1.165) is 14.3 Å². The van der Waals surface area contributed by atoms with Gasteiger partial charge in [-0.1, -0.05) is 27.7 Å². The van der Waals surface area contributed by atoms with E-state index in [1.165, 1.54) is 23.9 Å². The SMILES string of the molecule is OCc1cc(F)ccc1Sc1ccc(Br)cc1. The summed E-state index contributed by atoms with van der Waals surface area (Å²) in [4.78, 5) is 1.92. The Morgan fingerprint density at radius 1 is 1.12 bits per heavy atom. The van der Waals surface area contributed by atoms with Crippen LogP contribution in [0.1, 0.15) is 5.56 Å². The van der Waals surface area contributed by atoms with Gasteiger partial charge in [-0.25, -0.2) is 4.39 Å². The molecule has 2 aromatic rings. The Bertz CT molecular complexity index is 513. The lowest BCUT2D eigenvalue weighted by atomic mass is 10.2. The van der Waals surface area contributed by atoms with Gasteiger partial charge in [0.05, 0.1) is 6.61 Å². The first kappa shape index (κ1) is 12.6. The van der Waals surface area contributed by atoms with E-state index < -0.39 is 0 Å². The summed E-state index contributed by atoms with van der Waals surface area (Å²) < 4.78 is 14.0. The Hall–Kier alpha value is -0.840. The summed E-state index contributed by atoms with van der Waals surface area (Å²) in [6, 6.07) is 12.3. The Morgan fingerprint density at radius 2 is 1.82 bits per heavy atom. The summed E-state index contributed by atoms with van der Waals surface area (Å²) in [6.07, 6.45) is 0. The topological polar surface area (TPSA) is 20.2 Å². The van der Waals surface area contributed by atoms with Crippen molar-refractivity contribution in [3.8, 4) is 0 Å². The summed E-state index contributed by atoms with van der Waals surface area (Å²) in [5.74, 6) is -0.325. The van der Waals surface area contributed by atoms with Crippen LogP contribution in [0.25, 0.3) is 0 Å². The van der Waals surface area contributed by atoms with Gasteiger partial charge >= 0.3 is 0 Å². The Kier molecular flexibility index (Phi) is 4.20. The van der Waals surface area contributed by atoms with Crippen molar-refractivity contribution in [2.75, 3.05) is 0 Å². The number of hydrogen-bond acceptors (Lipinski definition) is 2. The molecule has 0 spiro atoms. The zero-order chi connectivity index (χ0) is 12.3. The average Bonchev–Trinajstić information content (AvgIpc) is 2.34. The minimum Gasteiger partial charge on any atom is -0.392 e. The van der Waals surface area contributed by atoms with Crippen molar-refractivity contribution in [3.63, 3.8) is 0 Å². The van der Waals surface area contributed by atoms with Crippen LogP contribution in [0.4, 0.5) is 4.39 Å². The van der Waals surface area contributed by atoms with Gasteiger partial charge in [-0.2, -0.15) is 0 Å². The van der Waals surface area contributed by atoms with Gasteiger partial charge < -0.3 is 5.11 Å². The smallest absolute Gasteiger partial charge is 0.123 e. The number of aliphatic hydroxyl groups is 1. The third-order valence-electron chi connectivity index (χ3n) is 2.23. The molecular weight excluding hydrogens is 303 g/mol. The fourth-order valence-electron chi connectivity index (χ4n) is 1.40. The number of hydrogen-bond donors (Lipinski definition) is 1. The highest BCUT2D eigenvalue weighted by Gasteiger charge is 2.05. The lowest BCUT2D eigenvalue weighted by molar-refractivity contribution is 0.278. The molecule has 0 aliphatic carbocycles. The van der Waals surface area contributed by atoms with Crippen LogP contribution in [0.5, 0.6) is 0 Å². The maximum atomic E-state index is 13.0. The normalized spacial score (nSPS) is 10.5. The fraction of sp³-hybridized carbons (Fsp3) is 0.0769. The van der Waals surface area contributed by atoms with E-state index in [4.69, 9.17) is 0 Å². The molecule has 0 radical (unpaired) electrons. The van der Waals surface area contributed by atoms with Gasteiger partial charge in [-0.3, -0.25) is 0 Å². The van der Waals surface area contributed by atoms with Crippen molar-refractivity contribution >= 4 is 27.7 Å². The zero-order valence-corrected chi connectivity index (χ0v) is 11.3. The minimum atomic E-state index is -0.325. The summed E-state index contributed by atoms with van der Waals surface area (Å²) in [7, 11) is 0. The molecule has 2 aromatic carbocycles. The van der Waals surface area contributed by atoms with E-state index in [1.54, 1.807) is 6.07 Å². The molecule has 17 heavy (non-hydrogen) atoms. The van der Waals surface area contributed by atoms with Crippen LogP contribution in [-0.2, 0) is 6.61 Å². The van der Waals surface area contributed by atoms with Gasteiger partial charge in [0.1, 0.15) is 5.82 Å². The van der Waals surface area contributed by atoms with E-state index in [9.17, 15) is 9.50 Å². The molecule has 0 saturated carbocycles. The fourth-order valence-corrected chi connectivity index (χ4v) is 2.58. The number of aliphatic hydroxyl groups excluding tert-OH is 1. The van der Waals surface area contributed by atoms with Gasteiger partial charge in [0.2, 0.25) is 0 Å². The molecular formula is C13H10BrFOS. The standard InChI is InChI=1S/C13H10BrFOS/c14-10-1-4-12(5-2-10)17-13-6-3-11(15)7-9(13)8-16/h1-7,16H,8H2. The summed E-state index contributed by atoms with van der Waals surface area (Å²) in [5, 5.41) is 9.18. The molecule has 0 saturated heterocycles. The Balaban J connectivity index is 2.26. The third kappa shape index (κ3) is 3.31. The van der Waals surface area contributed by atoms with E-state index in [0.29, 0.717) is 5.56 Å². The second-order valence-corrected chi connectivity index (χ2v) is 5.50. The van der Waals surface area contributed by atoms with Crippen molar-refractivity contribution in [2.45, 2.75) is 16.4 Å². The largest absolute Gasteiger partial charge is 0.392 e. The van der Waals surface area contributed by atoms with Crippen molar-refractivity contribution < 1.29 is 9.50 Å². The highest BCUT2D eigenvalue weighted by Crippen LogP contribution is 2.31. The third-order valence-corrected chi connectivity index (χ3v) is 3.89. The molecule has 0 unspecified atom stereocenters. The molecule has 0 aliphatic rings. The maximum absolute atomic E-state index is 13.0. The van der Waals surface area contributed by atoms with Crippen molar-refractivity contribution in [1.29, 1.82) is 0 Å². The predicted octanol–water partition coefficient (Wildman–Crippen LogP) is 4.23. The first-order valence-corrected chi connectivity index (χ1v) is 6.62. The van der Waals surface area contributed by atoms with Crippen LogP contribution in [0.3, 0.4) is 0 Å². The molecule has 88 valence electrons. The van der Waals surface area contributed by atoms with Crippen LogP contribution in [0.15, 0.2) is 56.7 Å². The summed E-state index contributed by atoms with van der Waals surface area (Å²) in [5.41, 5.74) is 0.609. The molecule has 1 nitrogen and oxygen atoms in total. The highest BCUT2D eigenvalue weighted by molar-refractivity contribution is 9.10. The molecule has 2 rings (SSSR count). The second kappa shape index (κ2) is 5.67. The van der Waals surface area contributed by atoms with Crippen LogP contribution in [0.2, 0.25) is 0 Å². The van der Waals surface area contributed by atoms with Crippen LogP contribution in [-0.4, -0.2) is 5.11 Å². The van der Waals surface area contributed by atoms with Crippen LogP contribution >= 0.6 is 27.7 Å². The van der Waals surface area contributed by atoms with Crippen molar-refractivity contribution in [3.05, 3.63) is 58.3 Å². The average molecular weight is 313 g/mol. The van der Waals surface area contributed by atoms with E-state index >= 15 is 0 Å². The summed E-state index contributed by atoms with van der Waals surface area (Å²) >= 11 is 4.88. The van der Waals surface area contributed by atoms with Gasteiger partial charge in [0.15, 0.2) is 0 Å². The minimum absolute atomic E-state index is 0.156. The van der Waals surface area contributed by atoms with Gasteiger partial charge in [-0.15, -0.1) is 0 Å². The van der Waals surface area contributed by atoms with E-state index in [1.807, 2.05) is 24.3 Å². The summed E-state index contributed by atoms with van der Waals surface area (Å²) in [6.45, 7) is -0.156. The highest BCUT2D eigenvalue weighted by atomic mass is 79.9. The molecule has 0 fully saturated rings. The van der Waals surface area contributed by atoms with Crippen molar-refractivity contribution in [1.82, 2.24) is 0 Å². The lowest BCUT2D eigenvalue weighted by Gasteiger charge is -2.07. The van der Waals surface area contributed by atoms with Crippen LogP contribution in [0, 0.1) is 5.82 Å². The number of halogens is 2. The number of benzene rings is 2.